The van der Waals surface area contributed by atoms with Crippen LogP contribution in [0.15, 0.2) is 53.6 Å². The summed E-state index contributed by atoms with van der Waals surface area (Å²) in [5, 5.41) is 6.29. The molecule has 148 valence electrons. The third-order valence-corrected chi connectivity index (χ3v) is 4.47. The van der Waals surface area contributed by atoms with E-state index in [1.165, 1.54) is 0 Å². The van der Waals surface area contributed by atoms with Gasteiger partial charge in [0.2, 0.25) is 5.91 Å². The molecular weight excluding hydrogens is 374 g/mol. The second-order valence-corrected chi connectivity index (χ2v) is 6.48. The second-order valence-electron chi connectivity index (χ2n) is 6.48. The normalized spacial score (nSPS) is 17.5. The Bertz CT molecular complexity index is 1050. The number of nitrogens with zero attached hydrogens (tertiary/aromatic N) is 2. The lowest BCUT2D eigenvalue weighted by Gasteiger charge is -2.16. The Labute approximate surface area is 166 Å². The number of para-hydroxylation sites is 2. The van der Waals surface area contributed by atoms with Crippen molar-refractivity contribution >= 4 is 40.8 Å². The molecule has 0 aromatic heterocycles. The highest BCUT2D eigenvalue weighted by molar-refractivity contribution is 6.61. The second kappa shape index (κ2) is 7.93. The molecule has 1 aliphatic rings. The van der Waals surface area contributed by atoms with Crippen molar-refractivity contribution in [2.45, 2.75) is 13.8 Å². The number of hydrazone groups is 1. The fourth-order valence-corrected chi connectivity index (χ4v) is 3.01. The molecule has 0 saturated carbocycles. The van der Waals surface area contributed by atoms with Gasteiger partial charge in [0.1, 0.15) is 5.71 Å². The summed E-state index contributed by atoms with van der Waals surface area (Å²) in [7, 11) is 0. The number of hydrogen-bond acceptors (Lipinski definition) is 5. The van der Waals surface area contributed by atoms with Crippen molar-refractivity contribution in [3.05, 3.63) is 59.7 Å². The monoisotopic (exact) mass is 393 g/mol. The number of amides is 5. The van der Waals surface area contributed by atoms with Gasteiger partial charge < -0.3 is 11.1 Å². The molecule has 1 saturated heterocycles. The van der Waals surface area contributed by atoms with E-state index in [-0.39, 0.29) is 0 Å². The average molecular weight is 393 g/mol. The summed E-state index contributed by atoms with van der Waals surface area (Å²) >= 11 is 0. The number of anilines is 2. The lowest BCUT2D eigenvalue weighted by atomic mass is 10.0. The van der Waals surface area contributed by atoms with Gasteiger partial charge in [0.15, 0.2) is 5.92 Å². The van der Waals surface area contributed by atoms with Crippen molar-refractivity contribution in [1.29, 1.82) is 0 Å². The van der Waals surface area contributed by atoms with Gasteiger partial charge in [-0.3, -0.25) is 14.4 Å². The molecule has 1 fully saturated rings. The van der Waals surface area contributed by atoms with Crippen LogP contribution >= 0.6 is 0 Å². The predicted octanol–water partition coefficient (Wildman–Crippen LogP) is 1.46. The van der Waals surface area contributed by atoms with Crippen LogP contribution in [-0.4, -0.2) is 29.5 Å². The zero-order valence-corrected chi connectivity index (χ0v) is 15.8. The van der Waals surface area contributed by atoms with Crippen molar-refractivity contribution < 1.29 is 19.2 Å². The standard InChI is InChI=1S/C20H19N5O4/c1-11-7-3-5-9-13(11)22-17(26)15-16(23-24-20(21)29)19(28)25(18(15)27)14-10-6-4-8-12(14)2/h3-10,15H,1-2H3,(H,22,26)(H3,21,24,29)/b23-16+. The van der Waals surface area contributed by atoms with Crippen LogP contribution in [-0.2, 0) is 14.4 Å². The number of primary amides is 1. The highest BCUT2D eigenvalue weighted by atomic mass is 16.2. The highest BCUT2D eigenvalue weighted by Gasteiger charge is 2.50. The number of benzene rings is 2. The van der Waals surface area contributed by atoms with Gasteiger partial charge in [0, 0.05) is 5.69 Å². The van der Waals surface area contributed by atoms with E-state index < -0.39 is 35.4 Å². The van der Waals surface area contributed by atoms with Crippen LogP contribution in [0.25, 0.3) is 0 Å². The molecule has 2 aromatic rings. The van der Waals surface area contributed by atoms with E-state index >= 15 is 0 Å². The zero-order valence-electron chi connectivity index (χ0n) is 15.8. The maximum Gasteiger partial charge on any atom is 0.332 e. The third-order valence-electron chi connectivity index (χ3n) is 4.47. The van der Waals surface area contributed by atoms with Gasteiger partial charge in [-0.2, -0.15) is 5.10 Å². The minimum Gasteiger partial charge on any atom is -0.350 e. The number of urea groups is 1. The summed E-state index contributed by atoms with van der Waals surface area (Å²) in [6.07, 6.45) is 0. The number of nitrogens with one attached hydrogen (secondary N) is 2. The smallest absolute Gasteiger partial charge is 0.332 e. The van der Waals surface area contributed by atoms with Gasteiger partial charge >= 0.3 is 6.03 Å². The lowest BCUT2D eigenvalue weighted by molar-refractivity contribution is -0.127. The Kier molecular flexibility index (Phi) is 5.40. The van der Waals surface area contributed by atoms with Crippen LogP contribution in [0.4, 0.5) is 16.2 Å². The van der Waals surface area contributed by atoms with Crippen LogP contribution in [0, 0.1) is 19.8 Å². The number of imide groups is 1. The summed E-state index contributed by atoms with van der Waals surface area (Å²) in [5.41, 5.74) is 8.81. The SMILES string of the molecule is Cc1ccccc1NC(=O)C1C(=O)N(c2ccccc2C)C(=O)/C1=N/NC(N)=O. The molecule has 0 aliphatic carbocycles. The van der Waals surface area contributed by atoms with Gasteiger partial charge in [-0.25, -0.2) is 15.1 Å². The first-order chi connectivity index (χ1) is 13.8. The van der Waals surface area contributed by atoms with E-state index in [2.05, 4.69) is 10.4 Å². The minimum absolute atomic E-state index is 0.334. The molecule has 1 aliphatic heterocycles. The molecule has 0 spiro atoms. The number of rotatable bonds is 4. The van der Waals surface area contributed by atoms with E-state index in [9.17, 15) is 19.2 Å². The van der Waals surface area contributed by atoms with Crippen molar-refractivity contribution in [2.75, 3.05) is 10.2 Å². The van der Waals surface area contributed by atoms with E-state index in [1.54, 1.807) is 62.4 Å². The van der Waals surface area contributed by atoms with Crippen LogP contribution in [0.1, 0.15) is 11.1 Å². The molecule has 9 nitrogen and oxygen atoms in total. The third kappa shape index (κ3) is 3.84. The first kappa shape index (κ1) is 19.7. The van der Waals surface area contributed by atoms with E-state index in [1.807, 2.05) is 5.43 Å². The number of carbonyl (C=O) groups is 4. The Morgan fingerprint density at radius 2 is 1.62 bits per heavy atom. The van der Waals surface area contributed by atoms with Crippen LogP contribution in [0.2, 0.25) is 0 Å². The fourth-order valence-electron chi connectivity index (χ4n) is 3.01. The first-order valence-corrected chi connectivity index (χ1v) is 8.74. The Hall–Kier alpha value is -4.01. The summed E-state index contributed by atoms with van der Waals surface area (Å²) in [4.78, 5) is 50.8. The van der Waals surface area contributed by atoms with Crippen LogP contribution in [0.5, 0.6) is 0 Å². The number of aryl methyl sites for hydroxylation is 2. The molecule has 5 amide bonds. The highest BCUT2D eigenvalue weighted by Crippen LogP contribution is 2.29. The Balaban J connectivity index is 2.01. The quantitative estimate of drug-likeness (QED) is 0.412. The van der Waals surface area contributed by atoms with Gasteiger partial charge in [0.05, 0.1) is 5.69 Å². The molecule has 1 atom stereocenters. The molecule has 0 radical (unpaired) electrons. The molecule has 1 heterocycles. The average Bonchev–Trinajstić information content (AvgIpc) is 2.92. The molecule has 0 bridgehead atoms. The largest absolute Gasteiger partial charge is 0.350 e. The molecule has 4 N–H and O–H groups in total. The molecule has 1 unspecified atom stereocenters. The minimum atomic E-state index is -1.53. The summed E-state index contributed by atoms with van der Waals surface area (Å²) in [5.74, 6) is -3.84. The van der Waals surface area contributed by atoms with E-state index in [4.69, 9.17) is 5.73 Å². The molecule has 2 aromatic carbocycles. The van der Waals surface area contributed by atoms with Crippen LogP contribution < -0.4 is 21.4 Å². The predicted molar refractivity (Wildman–Crippen MR) is 107 cm³/mol. The first-order valence-electron chi connectivity index (χ1n) is 8.74. The summed E-state index contributed by atoms with van der Waals surface area (Å²) < 4.78 is 0. The van der Waals surface area contributed by atoms with Crippen molar-refractivity contribution in [3.63, 3.8) is 0 Å². The van der Waals surface area contributed by atoms with Crippen molar-refractivity contribution in [1.82, 2.24) is 5.43 Å². The van der Waals surface area contributed by atoms with Gasteiger partial charge in [0.25, 0.3) is 11.8 Å². The number of hydrogen-bond donors (Lipinski definition) is 3. The van der Waals surface area contributed by atoms with Gasteiger partial charge in [-0.15, -0.1) is 0 Å². The maximum atomic E-state index is 13.1. The molecule has 29 heavy (non-hydrogen) atoms. The van der Waals surface area contributed by atoms with E-state index in [0.717, 1.165) is 10.5 Å². The number of carbonyl (C=O) groups excluding carboxylic acids is 4. The topological polar surface area (TPSA) is 134 Å². The van der Waals surface area contributed by atoms with Crippen molar-refractivity contribution in [2.24, 2.45) is 16.8 Å². The Morgan fingerprint density at radius 3 is 2.24 bits per heavy atom. The summed E-state index contributed by atoms with van der Waals surface area (Å²) in [6, 6.07) is 12.7. The maximum absolute atomic E-state index is 13.1. The molecule has 3 rings (SSSR count). The lowest BCUT2D eigenvalue weighted by Crippen LogP contribution is -2.35. The molecular formula is C20H19N5O4. The fraction of sp³-hybridized carbons (Fsp3) is 0.150. The summed E-state index contributed by atoms with van der Waals surface area (Å²) in [6.45, 7) is 3.52. The Morgan fingerprint density at radius 1 is 1.00 bits per heavy atom. The van der Waals surface area contributed by atoms with E-state index in [0.29, 0.717) is 16.9 Å². The molecule has 9 heteroatoms. The zero-order chi connectivity index (χ0) is 21.1. The van der Waals surface area contributed by atoms with Gasteiger partial charge in [-0.05, 0) is 37.1 Å². The van der Waals surface area contributed by atoms with Crippen LogP contribution in [0.3, 0.4) is 0 Å². The van der Waals surface area contributed by atoms with Crippen molar-refractivity contribution in [3.8, 4) is 0 Å². The number of nitrogens with two attached hydrogens (primary N) is 1. The van der Waals surface area contributed by atoms with Gasteiger partial charge in [-0.1, -0.05) is 36.4 Å².